The molecule has 1 aromatic heterocycles. The predicted octanol–water partition coefficient (Wildman–Crippen LogP) is 1.56. The van der Waals surface area contributed by atoms with E-state index in [0.717, 1.165) is 25.7 Å². The monoisotopic (exact) mass is 265 g/mol. The van der Waals surface area contributed by atoms with Crippen molar-refractivity contribution in [3.63, 3.8) is 0 Å². The van der Waals surface area contributed by atoms with E-state index in [0.29, 0.717) is 18.4 Å². The Morgan fingerprint density at radius 1 is 1.32 bits per heavy atom. The van der Waals surface area contributed by atoms with Crippen LogP contribution in [0.15, 0.2) is 12.4 Å². The van der Waals surface area contributed by atoms with Gasteiger partial charge in [0.2, 0.25) is 0 Å². The highest BCUT2D eigenvalue weighted by Crippen LogP contribution is 2.34. The number of carboxylic acid groups (broad SMARTS) is 1. The third-order valence-electron chi connectivity index (χ3n) is 3.86. The van der Waals surface area contributed by atoms with Gasteiger partial charge in [-0.2, -0.15) is 5.10 Å². The summed E-state index contributed by atoms with van der Waals surface area (Å²) in [6.45, 7) is 0.187. The molecule has 0 aromatic carbocycles. The van der Waals surface area contributed by atoms with Crippen molar-refractivity contribution in [3.8, 4) is 0 Å². The van der Waals surface area contributed by atoms with Gasteiger partial charge in [-0.15, -0.1) is 0 Å². The number of hydrogen-bond acceptors (Lipinski definition) is 3. The van der Waals surface area contributed by atoms with Gasteiger partial charge in [0.1, 0.15) is 0 Å². The Hall–Kier alpha value is -1.85. The van der Waals surface area contributed by atoms with Crippen LogP contribution in [0.4, 0.5) is 0 Å². The first kappa shape index (κ1) is 13.6. The fourth-order valence-corrected chi connectivity index (χ4v) is 2.60. The second-order valence-corrected chi connectivity index (χ2v) is 5.17. The lowest BCUT2D eigenvalue weighted by Gasteiger charge is -2.28. The Kier molecular flexibility index (Phi) is 4.19. The molecule has 0 aliphatic heterocycles. The van der Waals surface area contributed by atoms with Gasteiger partial charge in [-0.1, -0.05) is 25.7 Å². The Morgan fingerprint density at radius 3 is 2.53 bits per heavy atom. The second kappa shape index (κ2) is 5.86. The van der Waals surface area contributed by atoms with E-state index in [1.54, 1.807) is 0 Å². The summed E-state index contributed by atoms with van der Waals surface area (Å²) in [5.74, 6) is -1.08. The Bertz CT molecular complexity index is 434. The van der Waals surface area contributed by atoms with Gasteiger partial charge in [-0.05, 0) is 12.8 Å². The van der Waals surface area contributed by atoms with Gasteiger partial charge in [0, 0.05) is 12.7 Å². The summed E-state index contributed by atoms with van der Waals surface area (Å²) >= 11 is 0. The zero-order valence-corrected chi connectivity index (χ0v) is 10.8. The number of carbonyl (C=O) groups excluding carboxylic acids is 1. The van der Waals surface area contributed by atoms with Crippen LogP contribution in [0.3, 0.4) is 0 Å². The minimum absolute atomic E-state index is 0.187. The number of H-pyrrole nitrogens is 1. The molecule has 1 fully saturated rings. The molecule has 0 unspecified atom stereocenters. The number of nitrogens with zero attached hydrogens (tertiary/aromatic N) is 1. The molecule has 0 radical (unpaired) electrons. The third-order valence-corrected chi connectivity index (χ3v) is 3.86. The highest BCUT2D eigenvalue weighted by atomic mass is 16.4. The van der Waals surface area contributed by atoms with Crippen molar-refractivity contribution < 1.29 is 14.7 Å². The lowest BCUT2D eigenvalue weighted by Crippen LogP contribution is -2.42. The molecule has 1 heterocycles. The maximum absolute atomic E-state index is 11.8. The summed E-state index contributed by atoms with van der Waals surface area (Å²) in [6.07, 6.45) is 8.16. The molecule has 1 aliphatic rings. The standard InChI is InChI=1S/C13H19N3O3/c17-11(10-7-15-16-8-10)14-9-13(12(18)19)5-3-1-2-4-6-13/h7-8H,1-6,9H2,(H,14,17)(H,15,16)(H,18,19). The summed E-state index contributed by atoms with van der Waals surface area (Å²) in [6, 6.07) is 0. The van der Waals surface area contributed by atoms with E-state index in [-0.39, 0.29) is 12.5 Å². The van der Waals surface area contributed by atoms with Crippen LogP contribution in [0.2, 0.25) is 0 Å². The van der Waals surface area contributed by atoms with Crippen LogP contribution >= 0.6 is 0 Å². The first-order valence-electron chi connectivity index (χ1n) is 6.64. The van der Waals surface area contributed by atoms with E-state index in [9.17, 15) is 14.7 Å². The first-order valence-corrected chi connectivity index (χ1v) is 6.64. The van der Waals surface area contributed by atoms with Crippen molar-refractivity contribution in [1.29, 1.82) is 0 Å². The SMILES string of the molecule is O=C(NCC1(C(=O)O)CCCCCC1)c1cn[nH]c1. The van der Waals surface area contributed by atoms with Crippen molar-refractivity contribution in [3.05, 3.63) is 18.0 Å². The zero-order chi connectivity index (χ0) is 13.7. The van der Waals surface area contributed by atoms with Gasteiger partial charge in [-0.3, -0.25) is 14.7 Å². The van der Waals surface area contributed by atoms with Crippen LogP contribution in [-0.4, -0.2) is 33.7 Å². The number of nitrogens with one attached hydrogen (secondary N) is 2. The van der Waals surface area contributed by atoms with E-state index in [4.69, 9.17) is 0 Å². The first-order chi connectivity index (χ1) is 9.14. The van der Waals surface area contributed by atoms with Crippen molar-refractivity contribution in [2.45, 2.75) is 38.5 Å². The molecule has 3 N–H and O–H groups in total. The minimum Gasteiger partial charge on any atom is -0.481 e. The highest BCUT2D eigenvalue weighted by Gasteiger charge is 2.38. The van der Waals surface area contributed by atoms with E-state index < -0.39 is 11.4 Å². The number of carbonyl (C=O) groups is 2. The topological polar surface area (TPSA) is 95.1 Å². The summed E-state index contributed by atoms with van der Waals surface area (Å²) in [5.41, 5.74) is -0.384. The molecule has 104 valence electrons. The predicted molar refractivity (Wildman–Crippen MR) is 68.7 cm³/mol. The van der Waals surface area contributed by atoms with E-state index in [1.807, 2.05) is 0 Å². The molecule has 0 saturated heterocycles. The Morgan fingerprint density at radius 2 is 2.00 bits per heavy atom. The molecule has 1 amide bonds. The van der Waals surface area contributed by atoms with Crippen molar-refractivity contribution in [2.24, 2.45) is 5.41 Å². The molecule has 1 aromatic rings. The minimum atomic E-state index is -0.810. The molecule has 0 bridgehead atoms. The van der Waals surface area contributed by atoms with E-state index in [1.165, 1.54) is 12.4 Å². The number of aromatic amines is 1. The number of aromatic nitrogens is 2. The summed E-state index contributed by atoms with van der Waals surface area (Å²) < 4.78 is 0. The highest BCUT2D eigenvalue weighted by molar-refractivity contribution is 5.94. The number of aliphatic carboxylic acids is 1. The largest absolute Gasteiger partial charge is 0.481 e. The van der Waals surface area contributed by atoms with Gasteiger partial charge >= 0.3 is 5.97 Å². The summed E-state index contributed by atoms with van der Waals surface area (Å²) in [5, 5.41) is 18.5. The molecule has 6 nitrogen and oxygen atoms in total. The average molecular weight is 265 g/mol. The van der Waals surface area contributed by atoms with Crippen LogP contribution in [-0.2, 0) is 4.79 Å². The van der Waals surface area contributed by atoms with Gasteiger partial charge in [0.25, 0.3) is 5.91 Å². The van der Waals surface area contributed by atoms with Crippen LogP contribution < -0.4 is 5.32 Å². The number of carboxylic acids is 1. The summed E-state index contributed by atoms with van der Waals surface area (Å²) in [7, 11) is 0. The maximum Gasteiger partial charge on any atom is 0.311 e. The molecular formula is C13H19N3O3. The fraction of sp³-hybridized carbons (Fsp3) is 0.615. The molecule has 2 rings (SSSR count). The van der Waals surface area contributed by atoms with Gasteiger partial charge in [0.15, 0.2) is 0 Å². The third kappa shape index (κ3) is 3.13. The number of rotatable bonds is 4. The lowest BCUT2D eigenvalue weighted by atomic mass is 9.80. The molecule has 1 saturated carbocycles. The Balaban J connectivity index is 2.00. The fourth-order valence-electron chi connectivity index (χ4n) is 2.60. The van der Waals surface area contributed by atoms with Crippen molar-refractivity contribution >= 4 is 11.9 Å². The average Bonchev–Trinajstić information content (AvgIpc) is 2.82. The normalized spacial score (nSPS) is 18.5. The van der Waals surface area contributed by atoms with Crippen LogP contribution in [0, 0.1) is 5.41 Å². The van der Waals surface area contributed by atoms with Gasteiger partial charge in [-0.25, -0.2) is 0 Å². The molecule has 1 aliphatic carbocycles. The maximum atomic E-state index is 11.8. The van der Waals surface area contributed by atoms with E-state index in [2.05, 4.69) is 15.5 Å². The quantitative estimate of drug-likeness (QED) is 0.720. The van der Waals surface area contributed by atoms with Gasteiger partial charge < -0.3 is 10.4 Å². The van der Waals surface area contributed by atoms with Crippen LogP contribution in [0.5, 0.6) is 0 Å². The Labute approximate surface area is 111 Å². The molecule has 0 spiro atoms. The molecule has 0 atom stereocenters. The zero-order valence-electron chi connectivity index (χ0n) is 10.8. The smallest absolute Gasteiger partial charge is 0.311 e. The molecular weight excluding hydrogens is 246 g/mol. The molecule has 6 heteroatoms. The summed E-state index contributed by atoms with van der Waals surface area (Å²) in [4.78, 5) is 23.4. The van der Waals surface area contributed by atoms with Crippen LogP contribution in [0.25, 0.3) is 0 Å². The van der Waals surface area contributed by atoms with Crippen molar-refractivity contribution in [2.75, 3.05) is 6.54 Å². The van der Waals surface area contributed by atoms with Gasteiger partial charge in [0.05, 0.1) is 17.2 Å². The second-order valence-electron chi connectivity index (χ2n) is 5.17. The molecule has 19 heavy (non-hydrogen) atoms. The van der Waals surface area contributed by atoms with E-state index >= 15 is 0 Å². The van der Waals surface area contributed by atoms with Crippen LogP contribution in [0.1, 0.15) is 48.9 Å². The van der Waals surface area contributed by atoms with Crippen molar-refractivity contribution in [1.82, 2.24) is 15.5 Å². The number of hydrogen-bond donors (Lipinski definition) is 3. The lowest BCUT2D eigenvalue weighted by molar-refractivity contribution is -0.149. The number of amides is 1.